The molecular formula is C12H16BrN5. The number of nitrogens with one attached hydrogen (secondary N) is 1. The van der Waals surface area contributed by atoms with Gasteiger partial charge in [0, 0.05) is 10.5 Å². The van der Waals surface area contributed by atoms with Crippen molar-refractivity contribution in [2.45, 2.75) is 33.4 Å². The molecular weight excluding hydrogens is 294 g/mol. The number of nitrogens with zero attached hydrogens (tertiary/aromatic N) is 4. The molecule has 0 atom stereocenters. The molecule has 0 saturated heterocycles. The second-order valence-electron chi connectivity index (χ2n) is 4.47. The van der Waals surface area contributed by atoms with Gasteiger partial charge in [0.1, 0.15) is 0 Å². The summed E-state index contributed by atoms with van der Waals surface area (Å²) in [7, 11) is 0. The van der Waals surface area contributed by atoms with E-state index in [0.717, 1.165) is 21.5 Å². The Balaban J connectivity index is 2.33. The number of benzene rings is 1. The van der Waals surface area contributed by atoms with E-state index in [9.17, 15) is 0 Å². The van der Waals surface area contributed by atoms with Crippen LogP contribution in [-0.4, -0.2) is 26.2 Å². The second kappa shape index (κ2) is 5.58. The van der Waals surface area contributed by atoms with E-state index in [1.165, 1.54) is 0 Å². The summed E-state index contributed by atoms with van der Waals surface area (Å²) in [5, 5.41) is 15.2. The van der Waals surface area contributed by atoms with Crippen LogP contribution in [0.3, 0.4) is 0 Å². The van der Waals surface area contributed by atoms with E-state index in [1.54, 1.807) is 4.68 Å². The summed E-state index contributed by atoms with van der Waals surface area (Å²) < 4.78 is 2.79. The van der Waals surface area contributed by atoms with Gasteiger partial charge in [-0.3, -0.25) is 0 Å². The molecule has 0 bridgehead atoms. The van der Waals surface area contributed by atoms with Crippen LogP contribution in [0.4, 0.5) is 0 Å². The van der Waals surface area contributed by atoms with E-state index in [4.69, 9.17) is 0 Å². The molecule has 96 valence electrons. The van der Waals surface area contributed by atoms with E-state index >= 15 is 0 Å². The lowest BCUT2D eigenvalue weighted by Gasteiger charge is -2.10. The average Bonchev–Trinajstić information content (AvgIpc) is 2.77. The topological polar surface area (TPSA) is 55.6 Å². The molecule has 0 unspecified atom stereocenters. The maximum absolute atomic E-state index is 4.06. The molecule has 2 rings (SSSR count). The molecule has 2 aromatic rings. The summed E-state index contributed by atoms with van der Waals surface area (Å²) in [6, 6.07) is 6.47. The Morgan fingerprint density at radius 2 is 2.17 bits per heavy atom. The van der Waals surface area contributed by atoms with Crippen LogP contribution in [0.2, 0.25) is 0 Å². The zero-order valence-corrected chi connectivity index (χ0v) is 12.3. The molecule has 1 N–H and O–H groups in total. The van der Waals surface area contributed by atoms with Crippen LogP contribution in [0.1, 0.15) is 25.2 Å². The quantitative estimate of drug-likeness (QED) is 0.941. The van der Waals surface area contributed by atoms with Gasteiger partial charge in [0.25, 0.3) is 0 Å². The first-order chi connectivity index (χ1) is 8.58. The SMILES string of the molecule is Cc1ccc(Br)cc1-n1nnnc1CNC(C)C. The smallest absolute Gasteiger partial charge is 0.170 e. The monoisotopic (exact) mass is 309 g/mol. The Labute approximate surface area is 115 Å². The molecule has 0 amide bonds. The number of halogens is 1. The molecule has 1 aromatic heterocycles. The molecule has 6 heteroatoms. The largest absolute Gasteiger partial charge is 0.308 e. The molecule has 5 nitrogen and oxygen atoms in total. The molecule has 0 aliphatic rings. The van der Waals surface area contributed by atoms with Gasteiger partial charge in [0.15, 0.2) is 5.82 Å². The number of hydrogen-bond acceptors (Lipinski definition) is 4. The number of aryl methyl sites for hydroxylation is 1. The van der Waals surface area contributed by atoms with E-state index in [1.807, 2.05) is 25.1 Å². The highest BCUT2D eigenvalue weighted by Crippen LogP contribution is 2.19. The fraction of sp³-hybridized carbons (Fsp3) is 0.417. The van der Waals surface area contributed by atoms with Gasteiger partial charge in [-0.05, 0) is 35.0 Å². The van der Waals surface area contributed by atoms with Crippen molar-refractivity contribution in [1.29, 1.82) is 0 Å². The first kappa shape index (κ1) is 13.2. The summed E-state index contributed by atoms with van der Waals surface area (Å²) in [6.07, 6.45) is 0. The summed E-state index contributed by atoms with van der Waals surface area (Å²) >= 11 is 3.47. The van der Waals surface area contributed by atoms with Crippen LogP contribution in [0, 0.1) is 6.92 Å². The summed E-state index contributed by atoms with van der Waals surface area (Å²) in [5.41, 5.74) is 2.13. The van der Waals surface area contributed by atoms with Crippen LogP contribution < -0.4 is 5.32 Å². The normalized spacial score (nSPS) is 11.2. The fourth-order valence-corrected chi connectivity index (χ4v) is 1.96. The minimum atomic E-state index is 0.402. The Bertz CT molecular complexity index is 535. The van der Waals surface area contributed by atoms with E-state index in [-0.39, 0.29) is 0 Å². The van der Waals surface area contributed by atoms with Crippen molar-refractivity contribution in [3.63, 3.8) is 0 Å². The molecule has 0 radical (unpaired) electrons. The number of tetrazole rings is 1. The highest BCUT2D eigenvalue weighted by molar-refractivity contribution is 9.10. The first-order valence-corrected chi connectivity index (χ1v) is 6.64. The van der Waals surface area contributed by atoms with Gasteiger partial charge < -0.3 is 5.32 Å². The lowest BCUT2D eigenvalue weighted by molar-refractivity contribution is 0.563. The summed E-state index contributed by atoms with van der Waals surface area (Å²) in [4.78, 5) is 0. The zero-order chi connectivity index (χ0) is 13.1. The van der Waals surface area contributed by atoms with Crippen molar-refractivity contribution in [2.75, 3.05) is 0 Å². The fourth-order valence-electron chi connectivity index (χ4n) is 1.61. The standard InChI is InChI=1S/C12H16BrN5/c1-8(2)14-7-12-15-16-17-18(12)11-6-10(13)5-4-9(11)3/h4-6,8,14H,7H2,1-3H3. The van der Waals surface area contributed by atoms with Crippen molar-refractivity contribution in [3.8, 4) is 5.69 Å². The van der Waals surface area contributed by atoms with Crippen molar-refractivity contribution < 1.29 is 0 Å². The van der Waals surface area contributed by atoms with Gasteiger partial charge in [0.2, 0.25) is 0 Å². The van der Waals surface area contributed by atoms with Crippen molar-refractivity contribution in [1.82, 2.24) is 25.5 Å². The molecule has 1 heterocycles. The Kier molecular flexibility index (Phi) is 4.08. The molecule has 0 spiro atoms. The minimum absolute atomic E-state index is 0.402. The van der Waals surface area contributed by atoms with Crippen LogP contribution in [-0.2, 0) is 6.54 Å². The summed E-state index contributed by atoms with van der Waals surface area (Å²) in [5.74, 6) is 0.810. The van der Waals surface area contributed by atoms with Gasteiger partial charge in [-0.2, -0.15) is 4.68 Å². The van der Waals surface area contributed by atoms with Crippen molar-refractivity contribution >= 4 is 15.9 Å². The predicted octanol–water partition coefficient (Wildman–Crippen LogP) is 2.23. The van der Waals surface area contributed by atoms with E-state index in [0.29, 0.717) is 12.6 Å². The van der Waals surface area contributed by atoms with Crippen LogP contribution in [0.25, 0.3) is 5.69 Å². The van der Waals surface area contributed by atoms with Gasteiger partial charge in [-0.15, -0.1) is 5.10 Å². The maximum atomic E-state index is 4.06. The lowest BCUT2D eigenvalue weighted by Crippen LogP contribution is -2.24. The van der Waals surface area contributed by atoms with Crippen LogP contribution in [0.5, 0.6) is 0 Å². The molecule has 0 aliphatic carbocycles. The number of rotatable bonds is 4. The Hall–Kier alpha value is -1.27. The minimum Gasteiger partial charge on any atom is -0.308 e. The van der Waals surface area contributed by atoms with Gasteiger partial charge in [0.05, 0.1) is 12.2 Å². The highest BCUT2D eigenvalue weighted by Gasteiger charge is 2.10. The molecule has 0 aliphatic heterocycles. The van der Waals surface area contributed by atoms with Gasteiger partial charge >= 0.3 is 0 Å². The van der Waals surface area contributed by atoms with Gasteiger partial charge in [-0.1, -0.05) is 35.8 Å². The van der Waals surface area contributed by atoms with Crippen LogP contribution in [0.15, 0.2) is 22.7 Å². The third-order valence-corrected chi connectivity index (χ3v) is 3.10. The molecule has 18 heavy (non-hydrogen) atoms. The van der Waals surface area contributed by atoms with Crippen LogP contribution >= 0.6 is 15.9 Å². The molecule has 0 fully saturated rings. The summed E-state index contributed by atoms with van der Waals surface area (Å²) in [6.45, 7) is 6.89. The van der Waals surface area contributed by atoms with Crippen molar-refractivity contribution in [3.05, 3.63) is 34.1 Å². The predicted molar refractivity (Wildman–Crippen MR) is 73.6 cm³/mol. The van der Waals surface area contributed by atoms with E-state index in [2.05, 4.69) is 50.6 Å². The lowest BCUT2D eigenvalue weighted by atomic mass is 10.2. The third kappa shape index (κ3) is 2.94. The zero-order valence-electron chi connectivity index (χ0n) is 10.7. The number of hydrogen-bond donors (Lipinski definition) is 1. The maximum Gasteiger partial charge on any atom is 0.170 e. The molecule has 0 saturated carbocycles. The van der Waals surface area contributed by atoms with Gasteiger partial charge in [-0.25, -0.2) is 0 Å². The Morgan fingerprint density at radius 1 is 1.39 bits per heavy atom. The van der Waals surface area contributed by atoms with Crippen molar-refractivity contribution in [2.24, 2.45) is 0 Å². The van der Waals surface area contributed by atoms with E-state index < -0.39 is 0 Å². The Morgan fingerprint density at radius 3 is 2.89 bits per heavy atom. The highest BCUT2D eigenvalue weighted by atomic mass is 79.9. The second-order valence-corrected chi connectivity index (χ2v) is 5.39. The molecule has 1 aromatic carbocycles. The number of aromatic nitrogens is 4. The third-order valence-electron chi connectivity index (χ3n) is 2.60. The first-order valence-electron chi connectivity index (χ1n) is 5.85. The average molecular weight is 310 g/mol.